The van der Waals surface area contributed by atoms with Crippen LogP contribution in [-0.4, -0.2) is 0 Å². The van der Waals surface area contributed by atoms with E-state index in [1.54, 1.807) is 0 Å². The molecule has 0 atom stereocenters. The van der Waals surface area contributed by atoms with Gasteiger partial charge in [-0.1, -0.05) is 81.0 Å². The van der Waals surface area contributed by atoms with Gasteiger partial charge in [0.25, 0.3) is 0 Å². The Kier molecular flexibility index (Phi) is 9.98. The second-order valence-electron chi connectivity index (χ2n) is 8.31. The number of halogens is 2. The average Bonchev–Trinajstić information content (AvgIpc) is 2.76. The Labute approximate surface area is 211 Å². The van der Waals surface area contributed by atoms with E-state index in [0.717, 1.165) is 16.9 Å². The van der Waals surface area contributed by atoms with Crippen molar-refractivity contribution < 1.29 is 28.5 Å². The number of nitrogens with zero attached hydrogens (tertiary/aromatic N) is 1. The van der Waals surface area contributed by atoms with Crippen LogP contribution in [0.3, 0.4) is 0 Å². The van der Waals surface area contributed by atoms with E-state index in [-0.39, 0.29) is 24.0 Å². The van der Waals surface area contributed by atoms with E-state index in [1.807, 2.05) is 11.8 Å². The molecule has 1 aliphatic rings. The van der Waals surface area contributed by atoms with E-state index in [2.05, 4.69) is 81.3 Å². The largest absolute Gasteiger partial charge is 1.00 e. The lowest BCUT2D eigenvalue weighted by atomic mass is 9.85. The molecule has 0 unspecified atom stereocenters. The number of hydrogen-bond acceptors (Lipinski definition) is 1. The average molecular weight is 596 g/mol. The molecule has 0 N–H and O–H groups in total. The summed E-state index contributed by atoms with van der Waals surface area (Å²) in [7, 11) is 0. The Morgan fingerprint density at radius 3 is 2.50 bits per heavy atom. The minimum absolute atomic E-state index is 0. The topological polar surface area (TPSA) is 3.88 Å². The van der Waals surface area contributed by atoms with Crippen molar-refractivity contribution in [2.75, 3.05) is 0 Å². The van der Waals surface area contributed by atoms with Crippen LogP contribution in [0.15, 0.2) is 75.1 Å². The summed E-state index contributed by atoms with van der Waals surface area (Å²) in [5.74, 6) is 1.02. The minimum Gasteiger partial charge on any atom is -1.00 e. The molecule has 1 fully saturated rings. The van der Waals surface area contributed by atoms with E-state index in [0.29, 0.717) is 0 Å². The fraction of sp³-hybridized carbons (Fsp3) is 0.423. The third-order valence-corrected chi connectivity index (χ3v) is 8.12. The summed E-state index contributed by atoms with van der Waals surface area (Å²) in [5, 5.41) is 1.33. The molecule has 1 heterocycles. The van der Waals surface area contributed by atoms with Crippen LogP contribution in [0.25, 0.3) is 10.9 Å². The summed E-state index contributed by atoms with van der Waals surface area (Å²) in [5.41, 5.74) is 1.34. The number of fused-ring (bicyclic) bond motifs is 1. The summed E-state index contributed by atoms with van der Waals surface area (Å²) < 4.78 is 3.63. The molecular weight excluding hydrogens is 565 g/mol. The van der Waals surface area contributed by atoms with Crippen molar-refractivity contribution in [3.63, 3.8) is 0 Å². The lowest BCUT2D eigenvalue weighted by Crippen LogP contribution is -3.00. The van der Waals surface area contributed by atoms with Crippen molar-refractivity contribution >= 4 is 38.6 Å². The molecule has 1 aliphatic carbocycles. The van der Waals surface area contributed by atoms with E-state index in [9.17, 15) is 0 Å². The summed E-state index contributed by atoms with van der Waals surface area (Å²) in [6.07, 6.45) is 15.2. The Morgan fingerprint density at radius 1 is 0.900 bits per heavy atom. The highest BCUT2D eigenvalue weighted by atomic mass is 127. The number of para-hydroxylation sites is 1. The zero-order valence-electron chi connectivity index (χ0n) is 17.5. The van der Waals surface area contributed by atoms with Crippen LogP contribution < -0.4 is 28.5 Å². The van der Waals surface area contributed by atoms with Gasteiger partial charge >= 0.3 is 0 Å². The van der Waals surface area contributed by atoms with E-state index < -0.39 is 0 Å². The lowest BCUT2D eigenvalue weighted by molar-refractivity contribution is -0.673. The normalized spacial score (nSPS) is 14.6. The first-order valence-corrected chi connectivity index (χ1v) is 12.8. The Bertz CT molecular complexity index is 939. The predicted molar refractivity (Wildman–Crippen MR) is 127 cm³/mol. The number of unbranched alkanes of at least 4 members (excludes halogenated alkanes) is 2. The second-order valence-corrected chi connectivity index (χ2v) is 10.3. The first kappa shape index (κ1) is 24.1. The highest BCUT2D eigenvalue weighted by Gasteiger charge is 2.15. The van der Waals surface area contributed by atoms with Gasteiger partial charge in [-0.2, -0.15) is 4.57 Å². The van der Waals surface area contributed by atoms with Gasteiger partial charge in [0, 0.05) is 27.2 Å². The maximum atomic E-state index is 3.69. The molecule has 1 nitrogen and oxygen atoms in total. The number of benzene rings is 2. The van der Waals surface area contributed by atoms with Crippen LogP contribution in [0.5, 0.6) is 0 Å². The predicted octanol–water partition coefficient (Wildman–Crippen LogP) is 5.19. The minimum atomic E-state index is 0. The number of rotatable bonds is 8. The number of hydrogen-bond donors (Lipinski definition) is 0. The van der Waals surface area contributed by atoms with Crippen molar-refractivity contribution in [2.24, 2.45) is 5.92 Å². The van der Waals surface area contributed by atoms with Crippen LogP contribution in [0.2, 0.25) is 0 Å². The van der Waals surface area contributed by atoms with Gasteiger partial charge in [0.15, 0.2) is 6.20 Å². The van der Waals surface area contributed by atoms with E-state index >= 15 is 0 Å². The fourth-order valence-corrected chi connectivity index (χ4v) is 6.01. The standard InChI is InChI=1S/C26H31BrNS.HI/c27-24-15-7-9-17-26(24)29-23-19-22-14-6-8-16-25(22)28(20-23)18-10-2-5-13-21-11-3-1-4-12-21;/h6-9,14-17,19-21H,1-5,10-13,18H2;1H/q+1;/p-1. The molecule has 0 spiro atoms. The summed E-state index contributed by atoms with van der Waals surface area (Å²) in [6.45, 7) is 1.11. The maximum Gasteiger partial charge on any atom is 0.212 e. The van der Waals surface area contributed by atoms with Gasteiger partial charge in [-0.15, -0.1) is 0 Å². The molecule has 3 aromatic rings. The van der Waals surface area contributed by atoms with Gasteiger partial charge in [0.2, 0.25) is 5.52 Å². The molecule has 1 aromatic heterocycles. The Balaban J connectivity index is 0.00000256. The smallest absolute Gasteiger partial charge is 0.212 e. The summed E-state index contributed by atoms with van der Waals surface area (Å²) in [4.78, 5) is 2.57. The Hall–Kier alpha value is -0.590. The van der Waals surface area contributed by atoms with Crippen molar-refractivity contribution in [2.45, 2.75) is 74.1 Å². The van der Waals surface area contributed by atoms with Crippen molar-refractivity contribution in [1.82, 2.24) is 0 Å². The molecule has 0 amide bonds. The van der Waals surface area contributed by atoms with Gasteiger partial charge in [-0.25, -0.2) is 0 Å². The molecular formula is C26H31BrINS. The second kappa shape index (κ2) is 12.4. The lowest BCUT2D eigenvalue weighted by Gasteiger charge is -2.21. The monoisotopic (exact) mass is 595 g/mol. The molecule has 1 saturated carbocycles. The molecule has 30 heavy (non-hydrogen) atoms. The molecule has 160 valence electrons. The van der Waals surface area contributed by atoms with Gasteiger partial charge in [-0.05, 0) is 52.5 Å². The van der Waals surface area contributed by atoms with Crippen molar-refractivity contribution in [3.8, 4) is 0 Å². The van der Waals surface area contributed by atoms with Crippen LogP contribution in [0.1, 0.15) is 57.8 Å². The summed E-state index contributed by atoms with van der Waals surface area (Å²) >= 11 is 5.52. The third kappa shape index (κ3) is 6.70. The SMILES string of the molecule is Brc1ccccc1Sc1cc2ccccc2[n+](CCCCCC2CCCCC2)c1.[I-]. The van der Waals surface area contributed by atoms with Gasteiger partial charge in [0.1, 0.15) is 6.54 Å². The van der Waals surface area contributed by atoms with Crippen LogP contribution >= 0.6 is 27.7 Å². The summed E-state index contributed by atoms with van der Waals surface area (Å²) in [6, 6.07) is 19.6. The highest BCUT2D eigenvalue weighted by molar-refractivity contribution is 9.10. The molecule has 0 bridgehead atoms. The first-order chi connectivity index (χ1) is 14.3. The molecule has 0 aliphatic heterocycles. The van der Waals surface area contributed by atoms with Crippen molar-refractivity contribution in [1.29, 1.82) is 0 Å². The van der Waals surface area contributed by atoms with Gasteiger partial charge in [-0.3, -0.25) is 0 Å². The van der Waals surface area contributed by atoms with E-state index in [4.69, 9.17) is 0 Å². The van der Waals surface area contributed by atoms with Crippen LogP contribution in [-0.2, 0) is 6.54 Å². The quantitative estimate of drug-likeness (QED) is 0.197. The number of aromatic nitrogens is 1. The molecule has 4 rings (SSSR count). The fourth-order valence-electron chi connectivity index (χ4n) is 4.55. The molecule has 0 saturated heterocycles. The van der Waals surface area contributed by atoms with Gasteiger partial charge in [0.05, 0.1) is 4.90 Å². The van der Waals surface area contributed by atoms with E-state index in [1.165, 1.54) is 78.5 Å². The molecule has 0 radical (unpaired) electrons. The zero-order chi connectivity index (χ0) is 19.9. The van der Waals surface area contributed by atoms with Crippen LogP contribution in [0.4, 0.5) is 0 Å². The van der Waals surface area contributed by atoms with Gasteiger partial charge < -0.3 is 24.0 Å². The zero-order valence-corrected chi connectivity index (χ0v) is 22.1. The van der Waals surface area contributed by atoms with Crippen molar-refractivity contribution in [3.05, 3.63) is 65.3 Å². The molecule has 2 aromatic carbocycles. The third-order valence-electron chi connectivity index (χ3n) is 6.13. The van der Waals surface area contributed by atoms with Crippen LogP contribution in [0, 0.1) is 5.92 Å². The Morgan fingerprint density at radius 2 is 1.67 bits per heavy atom. The first-order valence-electron chi connectivity index (χ1n) is 11.1. The maximum absolute atomic E-state index is 3.69. The number of aryl methyl sites for hydroxylation is 1. The molecule has 4 heteroatoms. The number of pyridine rings is 1. The highest BCUT2D eigenvalue weighted by Crippen LogP contribution is 2.33.